The average Bonchev–Trinajstić information content (AvgIpc) is 2.76. The molecule has 0 N–H and O–H groups in total. The van der Waals surface area contributed by atoms with E-state index in [0.29, 0.717) is 0 Å². The molecule has 2 aromatic carbocycles. The molecule has 1 radical (unpaired) electrons. The fourth-order valence-corrected chi connectivity index (χ4v) is 2.66. The highest BCUT2D eigenvalue weighted by atomic mass is 32.1. The van der Waals surface area contributed by atoms with Gasteiger partial charge in [-0.2, -0.15) is 4.37 Å². The second-order valence-electron chi connectivity index (χ2n) is 4.20. The molecular formula is C15H12NS. The first-order valence-corrected chi connectivity index (χ1v) is 6.41. The van der Waals surface area contributed by atoms with Crippen molar-refractivity contribution >= 4 is 21.6 Å². The Balaban J connectivity index is 1.97. The summed E-state index contributed by atoms with van der Waals surface area (Å²) in [5, 5.41) is 1.16. The van der Waals surface area contributed by atoms with E-state index in [-0.39, 0.29) is 0 Å². The maximum absolute atomic E-state index is 4.52. The van der Waals surface area contributed by atoms with Crippen LogP contribution in [0.2, 0.25) is 0 Å². The van der Waals surface area contributed by atoms with Crippen LogP contribution in [0.3, 0.4) is 0 Å². The number of hydrogen-bond donors (Lipinski definition) is 0. The average molecular weight is 238 g/mol. The number of nitrogens with zero attached hydrogens (tertiary/aromatic N) is 1. The molecule has 17 heavy (non-hydrogen) atoms. The number of benzene rings is 2. The number of rotatable bonds is 2. The van der Waals surface area contributed by atoms with Crippen molar-refractivity contribution < 1.29 is 0 Å². The van der Waals surface area contributed by atoms with Gasteiger partial charge >= 0.3 is 0 Å². The number of hydrogen-bond acceptors (Lipinski definition) is 2. The van der Waals surface area contributed by atoms with Crippen LogP contribution in [0.5, 0.6) is 0 Å². The van der Waals surface area contributed by atoms with Crippen molar-refractivity contribution in [1.82, 2.24) is 4.37 Å². The molecule has 1 nitrogen and oxygen atoms in total. The summed E-state index contributed by atoms with van der Waals surface area (Å²) in [5.41, 5.74) is 3.73. The summed E-state index contributed by atoms with van der Waals surface area (Å²) < 4.78 is 5.74. The van der Waals surface area contributed by atoms with E-state index < -0.39 is 0 Å². The van der Waals surface area contributed by atoms with Gasteiger partial charge < -0.3 is 0 Å². The van der Waals surface area contributed by atoms with Crippen LogP contribution in [0.15, 0.2) is 42.5 Å². The molecule has 2 heteroatoms. The Morgan fingerprint density at radius 2 is 2.00 bits per heavy atom. The van der Waals surface area contributed by atoms with Crippen LogP contribution in [-0.2, 0) is 6.42 Å². The second-order valence-corrected chi connectivity index (χ2v) is 5.01. The Labute approximate surface area is 105 Å². The fraction of sp³-hybridized carbons (Fsp3) is 0.133. The quantitative estimate of drug-likeness (QED) is 0.657. The summed E-state index contributed by atoms with van der Waals surface area (Å²) in [6.45, 7) is 2.11. The first kappa shape index (κ1) is 10.5. The molecule has 0 aliphatic carbocycles. The molecular weight excluding hydrogens is 226 g/mol. The van der Waals surface area contributed by atoms with E-state index in [1.165, 1.54) is 15.8 Å². The van der Waals surface area contributed by atoms with Crippen LogP contribution >= 0.6 is 11.5 Å². The SMILES string of the molecule is Cc1ccc(Cc2nsc3ccc[c]c23)cc1. The van der Waals surface area contributed by atoms with Crippen LogP contribution in [-0.4, -0.2) is 4.37 Å². The number of fused-ring (bicyclic) bond motifs is 1. The third-order valence-corrected chi connectivity index (χ3v) is 3.70. The lowest BCUT2D eigenvalue weighted by molar-refractivity contribution is 1.15. The smallest absolute Gasteiger partial charge is 0.0670 e. The van der Waals surface area contributed by atoms with Gasteiger partial charge in [0.05, 0.1) is 10.4 Å². The minimum atomic E-state index is 0.890. The van der Waals surface area contributed by atoms with Crippen molar-refractivity contribution in [2.45, 2.75) is 13.3 Å². The lowest BCUT2D eigenvalue weighted by atomic mass is 10.1. The summed E-state index contributed by atoms with van der Waals surface area (Å²) >= 11 is 1.56. The summed E-state index contributed by atoms with van der Waals surface area (Å²) in [6, 6.07) is 18.0. The lowest BCUT2D eigenvalue weighted by Gasteiger charge is -1.99. The topological polar surface area (TPSA) is 12.9 Å². The molecule has 0 bridgehead atoms. The first-order chi connectivity index (χ1) is 8.33. The largest absolute Gasteiger partial charge is 0.196 e. The van der Waals surface area contributed by atoms with Gasteiger partial charge in [-0.1, -0.05) is 42.0 Å². The molecule has 0 saturated heterocycles. The van der Waals surface area contributed by atoms with E-state index in [2.05, 4.69) is 47.7 Å². The lowest BCUT2D eigenvalue weighted by Crippen LogP contribution is -1.88. The monoisotopic (exact) mass is 238 g/mol. The summed E-state index contributed by atoms with van der Waals surface area (Å²) in [7, 11) is 0. The normalized spacial score (nSPS) is 10.9. The number of aromatic nitrogens is 1. The molecule has 0 saturated carbocycles. The van der Waals surface area contributed by atoms with Crippen LogP contribution in [0.4, 0.5) is 0 Å². The van der Waals surface area contributed by atoms with Crippen molar-refractivity contribution in [1.29, 1.82) is 0 Å². The van der Waals surface area contributed by atoms with Crippen LogP contribution < -0.4 is 0 Å². The Hall–Kier alpha value is -1.67. The third-order valence-electron chi connectivity index (χ3n) is 2.85. The Kier molecular flexibility index (Phi) is 2.65. The highest BCUT2D eigenvalue weighted by Crippen LogP contribution is 2.23. The van der Waals surface area contributed by atoms with Crippen molar-refractivity contribution in [3.63, 3.8) is 0 Å². The van der Waals surface area contributed by atoms with Crippen molar-refractivity contribution in [2.24, 2.45) is 0 Å². The molecule has 0 amide bonds. The Bertz CT molecular complexity index is 637. The van der Waals surface area contributed by atoms with E-state index in [1.54, 1.807) is 11.5 Å². The molecule has 0 aliphatic rings. The zero-order valence-corrected chi connectivity index (χ0v) is 10.4. The van der Waals surface area contributed by atoms with Gasteiger partial charge in [-0.05, 0) is 36.2 Å². The van der Waals surface area contributed by atoms with E-state index in [9.17, 15) is 0 Å². The molecule has 3 aromatic rings. The standard InChI is InChI=1S/C15H12NS/c1-11-6-8-12(9-7-11)10-14-13-4-2-3-5-15(13)17-16-14/h2-3,5-9H,10H2,1H3. The molecule has 0 unspecified atom stereocenters. The predicted molar refractivity (Wildman–Crippen MR) is 72.4 cm³/mol. The zero-order valence-electron chi connectivity index (χ0n) is 9.60. The molecule has 0 aliphatic heterocycles. The molecule has 1 aromatic heterocycles. The molecule has 83 valence electrons. The van der Waals surface area contributed by atoms with Gasteiger partial charge in [-0.25, -0.2) is 0 Å². The van der Waals surface area contributed by atoms with E-state index in [4.69, 9.17) is 0 Å². The highest BCUT2D eigenvalue weighted by molar-refractivity contribution is 7.13. The maximum atomic E-state index is 4.52. The maximum Gasteiger partial charge on any atom is 0.0670 e. The van der Waals surface area contributed by atoms with Gasteiger partial charge in [0.2, 0.25) is 0 Å². The molecule has 3 rings (SSSR count). The van der Waals surface area contributed by atoms with Gasteiger partial charge in [0.1, 0.15) is 0 Å². The molecule has 1 heterocycles. The predicted octanol–water partition coefficient (Wildman–Crippen LogP) is 4.00. The van der Waals surface area contributed by atoms with Gasteiger partial charge in [0.25, 0.3) is 0 Å². The summed E-state index contributed by atoms with van der Waals surface area (Å²) in [6.07, 6.45) is 0.890. The van der Waals surface area contributed by atoms with Crippen LogP contribution in [0, 0.1) is 13.0 Å². The third kappa shape index (κ3) is 2.08. The van der Waals surface area contributed by atoms with E-state index in [0.717, 1.165) is 17.5 Å². The zero-order chi connectivity index (χ0) is 11.7. The van der Waals surface area contributed by atoms with Gasteiger partial charge in [-0.3, -0.25) is 0 Å². The van der Waals surface area contributed by atoms with Crippen molar-refractivity contribution in [3.05, 3.63) is 65.4 Å². The highest BCUT2D eigenvalue weighted by Gasteiger charge is 2.06. The molecule has 0 spiro atoms. The van der Waals surface area contributed by atoms with Gasteiger partial charge in [0.15, 0.2) is 0 Å². The van der Waals surface area contributed by atoms with Crippen LogP contribution in [0.25, 0.3) is 10.1 Å². The molecule has 0 fully saturated rings. The minimum absolute atomic E-state index is 0.890. The summed E-state index contributed by atoms with van der Waals surface area (Å²) in [5.74, 6) is 0. The van der Waals surface area contributed by atoms with Crippen molar-refractivity contribution in [3.8, 4) is 0 Å². The Morgan fingerprint density at radius 3 is 2.82 bits per heavy atom. The summed E-state index contributed by atoms with van der Waals surface area (Å²) in [4.78, 5) is 0. The number of aryl methyl sites for hydroxylation is 1. The fourth-order valence-electron chi connectivity index (χ4n) is 1.89. The van der Waals surface area contributed by atoms with Crippen molar-refractivity contribution in [2.75, 3.05) is 0 Å². The first-order valence-electron chi connectivity index (χ1n) is 5.63. The van der Waals surface area contributed by atoms with Crippen LogP contribution in [0.1, 0.15) is 16.8 Å². The minimum Gasteiger partial charge on any atom is -0.196 e. The van der Waals surface area contributed by atoms with Gasteiger partial charge in [0, 0.05) is 11.8 Å². The second kappa shape index (κ2) is 4.30. The van der Waals surface area contributed by atoms with Gasteiger partial charge in [-0.15, -0.1) is 0 Å². The Morgan fingerprint density at radius 1 is 1.18 bits per heavy atom. The molecule has 0 atom stereocenters. The van der Waals surface area contributed by atoms with E-state index in [1.807, 2.05) is 12.1 Å². The van der Waals surface area contributed by atoms with E-state index >= 15 is 0 Å².